The van der Waals surface area contributed by atoms with Gasteiger partial charge in [0.2, 0.25) is 5.91 Å². The van der Waals surface area contributed by atoms with E-state index in [1.54, 1.807) is 0 Å². The average molecular weight is 298 g/mol. The maximum Gasteiger partial charge on any atom is 0.234 e. The van der Waals surface area contributed by atoms with Crippen molar-refractivity contribution in [2.75, 3.05) is 32.7 Å². The predicted octanol–water partition coefficient (Wildman–Crippen LogP) is 1.33. The summed E-state index contributed by atoms with van der Waals surface area (Å²) >= 11 is 0. The summed E-state index contributed by atoms with van der Waals surface area (Å²) in [7, 11) is 0. The summed E-state index contributed by atoms with van der Waals surface area (Å²) in [6, 6.07) is 8.16. The topological polar surface area (TPSA) is 44.4 Å². The Morgan fingerprint density at radius 3 is 2.90 bits per heavy atom. The molecule has 0 atom stereocenters. The van der Waals surface area contributed by atoms with Gasteiger partial charge in [0.1, 0.15) is 0 Å². The lowest BCUT2D eigenvalue weighted by Gasteiger charge is -2.18. The van der Waals surface area contributed by atoms with E-state index in [0.29, 0.717) is 13.1 Å². The van der Waals surface area contributed by atoms with Crippen molar-refractivity contribution in [1.29, 1.82) is 0 Å². The first-order valence-corrected chi connectivity index (χ1v) is 7.00. The van der Waals surface area contributed by atoms with Gasteiger partial charge in [0, 0.05) is 19.6 Å². The largest absolute Gasteiger partial charge is 0.351 e. The number of hydrogen-bond donors (Lipinski definition) is 2. The molecule has 0 bridgehead atoms. The number of benzene rings is 1. The second-order valence-electron chi connectivity index (χ2n) is 5.08. The van der Waals surface area contributed by atoms with E-state index in [1.807, 2.05) is 12.1 Å². The van der Waals surface area contributed by atoms with Gasteiger partial charge in [-0.3, -0.25) is 9.69 Å². The highest BCUT2D eigenvalue weighted by molar-refractivity contribution is 5.85. The first kappa shape index (κ1) is 17.0. The van der Waals surface area contributed by atoms with E-state index < -0.39 is 0 Å². The van der Waals surface area contributed by atoms with Crippen LogP contribution in [0.5, 0.6) is 0 Å². The normalized spacial score (nSPS) is 16.1. The number of carbonyl (C=O) groups is 1. The number of halogens is 1. The minimum atomic E-state index is 0. The number of hydrogen-bond acceptors (Lipinski definition) is 3. The molecular weight excluding hydrogens is 274 g/mol. The van der Waals surface area contributed by atoms with Gasteiger partial charge in [-0.2, -0.15) is 0 Å². The Bertz CT molecular complexity index is 417. The maximum absolute atomic E-state index is 11.9. The minimum absolute atomic E-state index is 0. The van der Waals surface area contributed by atoms with Crippen LogP contribution in [0.3, 0.4) is 0 Å². The summed E-state index contributed by atoms with van der Waals surface area (Å²) in [6.07, 6.45) is 1.12. The van der Waals surface area contributed by atoms with Crippen molar-refractivity contribution >= 4 is 18.3 Å². The molecule has 20 heavy (non-hydrogen) atoms. The molecule has 0 aliphatic carbocycles. The lowest BCUT2D eigenvalue weighted by Crippen LogP contribution is -2.38. The lowest BCUT2D eigenvalue weighted by molar-refractivity contribution is -0.122. The molecule has 1 aliphatic rings. The number of aryl methyl sites for hydroxylation is 1. The zero-order valence-corrected chi connectivity index (χ0v) is 12.8. The fourth-order valence-electron chi connectivity index (χ4n) is 2.32. The van der Waals surface area contributed by atoms with E-state index in [4.69, 9.17) is 0 Å². The van der Waals surface area contributed by atoms with Crippen molar-refractivity contribution in [2.24, 2.45) is 0 Å². The fourth-order valence-corrected chi connectivity index (χ4v) is 2.32. The monoisotopic (exact) mass is 297 g/mol. The highest BCUT2D eigenvalue weighted by atomic mass is 35.5. The molecule has 5 heteroatoms. The Morgan fingerprint density at radius 2 is 2.10 bits per heavy atom. The summed E-state index contributed by atoms with van der Waals surface area (Å²) in [6.45, 7) is 7.20. The molecule has 4 nitrogen and oxygen atoms in total. The summed E-state index contributed by atoms with van der Waals surface area (Å²) in [4.78, 5) is 14.2. The van der Waals surface area contributed by atoms with Crippen LogP contribution in [0, 0.1) is 6.92 Å². The van der Waals surface area contributed by atoms with Crippen LogP contribution in [0.25, 0.3) is 0 Å². The van der Waals surface area contributed by atoms with E-state index in [9.17, 15) is 4.79 Å². The third kappa shape index (κ3) is 5.49. The Hall–Kier alpha value is -1.10. The van der Waals surface area contributed by atoms with E-state index in [-0.39, 0.29) is 18.3 Å². The molecule has 1 heterocycles. The van der Waals surface area contributed by atoms with Crippen molar-refractivity contribution < 1.29 is 4.79 Å². The van der Waals surface area contributed by atoms with Crippen LogP contribution >= 0.6 is 12.4 Å². The van der Waals surface area contributed by atoms with Gasteiger partial charge in [-0.25, -0.2) is 0 Å². The van der Waals surface area contributed by atoms with Crippen LogP contribution in [-0.4, -0.2) is 43.5 Å². The molecule has 1 fully saturated rings. The first-order chi connectivity index (χ1) is 9.25. The molecule has 1 amide bonds. The maximum atomic E-state index is 11.9. The molecule has 2 rings (SSSR count). The van der Waals surface area contributed by atoms with Gasteiger partial charge in [-0.15, -0.1) is 12.4 Å². The Labute approximate surface area is 127 Å². The number of nitrogens with one attached hydrogen (secondary N) is 2. The second kappa shape index (κ2) is 8.95. The summed E-state index contributed by atoms with van der Waals surface area (Å²) in [5.41, 5.74) is 2.41. The molecule has 0 spiro atoms. The van der Waals surface area contributed by atoms with E-state index >= 15 is 0 Å². The van der Waals surface area contributed by atoms with Crippen LogP contribution in [0.1, 0.15) is 17.5 Å². The molecule has 1 saturated heterocycles. The Kier molecular flexibility index (Phi) is 7.59. The van der Waals surface area contributed by atoms with Gasteiger partial charge in [0.25, 0.3) is 0 Å². The molecule has 0 saturated carbocycles. The van der Waals surface area contributed by atoms with E-state index in [1.165, 1.54) is 11.1 Å². The number of carbonyl (C=O) groups excluding carboxylic acids is 1. The molecule has 1 aromatic carbocycles. The summed E-state index contributed by atoms with van der Waals surface area (Å²) in [5, 5.41) is 6.35. The molecular formula is C15H24ClN3O. The third-order valence-electron chi connectivity index (χ3n) is 3.54. The van der Waals surface area contributed by atoms with Crippen molar-refractivity contribution in [2.45, 2.75) is 19.9 Å². The van der Waals surface area contributed by atoms with Crippen LogP contribution in [0.15, 0.2) is 24.3 Å². The van der Waals surface area contributed by atoms with Crippen molar-refractivity contribution in [3.63, 3.8) is 0 Å². The number of amides is 1. The van der Waals surface area contributed by atoms with Crippen LogP contribution < -0.4 is 10.6 Å². The number of rotatable bonds is 4. The van der Waals surface area contributed by atoms with Crippen LogP contribution in [-0.2, 0) is 11.3 Å². The minimum Gasteiger partial charge on any atom is -0.351 e. The zero-order chi connectivity index (χ0) is 13.5. The van der Waals surface area contributed by atoms with Crippen molar-refractivity contribution in [3.05, 3.63) is 35.4 Å². The van der Waals surface area contributed by atoms with Gasteiger partial charge in [0.05, 0.1) is 6.54 Å². The third-order valence-corrected chi connectivity index (χ3v) is 3.54. The van der Waals surface area contributed by atoms with Crippen LogP contribution in [0.4, 0.5) is 0 Å². The number of nitrogens with zero attached hydrogens (tertiary/aromatic N) is 1. The smallest absolute Gasteiger partial charge is 0.234 e. The molecule has 0 radical (unpaired) electrons. The van der Waals surface area contributed by atoms with Gasteiger partial charge >= 0.3 is 0 Å². The average Bonchev–Trinajstić information content (AvgIpc) is 2.66. The molecule has 1 aromatic rings. The standard InChI is InChI=1S/C15H23N3O.ClH/c1-13-5-2-3-6-14(13)11-17-15(19)12-18-9-4-7-16-8-10-18;/h2-3,5-6,16H,4,7-12H2,1H3,(H,17,19);1H. The van der Waals surface area contributed by atoms with Crippen molar-refractivity contribution in [1.82, 2.24) is 15.5 Å². The molecule has 2 N–H and O–H groups in total. The molecule has 112 valence electrons. The quantitative estimate of drug-likeness (QED) is 0.881. The van der Waals surface area contributed by atoms with Gasteiger partial charge in [0.15, 0.2) is 0 Å². The zero-order valence-electron chi connectivity index (χ0n) is 12.0. The fraction of sp³-hybridized carbons (Fsp3) is 0.533. The molecule has 1 aliphatic heterocycles. The Morgan fingerprint density at radius 1 is 1.30 bits per heavy atom. The van der Waals surface area contributed by atoms with Crippen LogP contribution in [0.2, 0.25) is 0 Å². The van der Waals surface area contributed by atoms with Gasteiger partial charge in [-0.1, -0.05) is 24.3 Å². The van der Waals surface area contributed by atoms with Gasteiger partial charge < -0.3 is 10.6 Å². The van der Waals surface area contributed by atoms with E-state index in [2.05, 4.69) is 34.6 Å². The predicted molar refractivity (Wildman–Crippen MR) is 84.2 cm³/mol. The van der Waals surface area contributed by atoms with E-state index in [0.717, 1.165) is 32.6 Å². The first-order valence-electron chi connectivity index (χ1n) is 7.00. The second-order valence-corrected chi connectivity index (χ2v) is 5.08. The summed E-state index contributed by atoms with van der Waals surface area (Å²) < 4.78 is 0. The highest BCUT2D eigenvalue weighted by Crippen LogP contribution is 2.06. The highest BCUT2D eigenvalue weighted by Gasteiger charge is 2.12. The molecule has 0 unspecified atom stereocenters. The van der Waals surface area contributed by atoms with Crippen molar-refractivity contribution in [3.8, 4) is 0 Å². The Balaban J connectivity index is 0.00000200. The SMILES string of the molecule is Cc1ccccc1CNC(=O)CN1CCCNCC1.Cl. The lowest BCUT2D eigenvalue weighted by atomic mass is 10.1. The van der Waals surface area contributed by atoms with Gasteiger partial charge in [-0.05, 0) is 37.6 Å². The summed E-state index contributed by atoms with van der Waals surface area (Å²) in [5.74, 6) is 0.116. The molecule has 0 aromatic heterocycles.